The van der Waals surface area contributed by atoms with Crippen LogP contribution in [-0.4, -0.2) is 28.2 Å². The third kappa shape index (κ3) is 4.56. The van der Waals surface area contributed by atoms with Gasteiger partial charge in [0.15, 0.2) is 0 Å². The van der Waals surface area contributed by atoms with Crippen molar-refractivity contribution in [3.63, 3.8) is 0 Å². The molecule has 1 rings (SSSR count). The molecule has 0 radical (unpaired) electrons. The summed E-state index contributed by atoms with van der Waals surface area (Å²) in [5.41, 5.74) is 0.484. The van der Waals surface area contributed by atoms with Crippen LogP contribution in [0.25, 0.3) is 0 Å². The molecule has 0 heterocycles. The van der Waals surface area contributed by atoms with Gasteiger partial charge in [0.2, 0.25) is 10.0 Å². The fourth-order valence-corrected chi connectivity index (χ4v) is 2.00. The molecule has 0 bridgehead atoms. The van der Waals surface area contributed by atoms with Gasteiger partial charge in [-0.1, -0.05) is 18.2 Å². The van der Waals surface area contributed by atoms with E-state index in [-0.39, 0.29) is 4.90 Å². The van der Waals surface area contributed by atoms with Crippen LogP contribution in [0.1, 0.15) is 0 Å². The second-order valence-corrected chi connectivity index (χ2v) is 4.86. The van der Waals surface area contributed by atoms with Crippen molar-refractivity contribution in [3.05, 3.63) is 36.9 Å². The summed E-state index contributed by atoms with van der Waals surface area (Å²) in [6.45, 7) is 4.96. The first-order chi connectivity index (χ1) is 8.05. The van der Waals surface area contributed by atoms with Crippen molar-refractivity contribution < 1.29 is 13.2 Å². The number of hydrogen-bond donors (Lipinski definition) is 2. The highest BCUT2D eigenvalue weighted by atomic mass is 32.2. The van der Waals surface area contributed by atoms with E-state index in [1.165, 1.54) is 6.07 Å². The van der Waals surface area contributed by atoms with Gasteiger partial charge in [-0.25, -0.2) is 13.6 Å². The third-order valence-electron chi connectivity index (χ3n) is 1.99. The maximum Gasteiger partial charge on any atom is 0.240 e. The molecule has 6 heteroatoms. The number of primary sulfonamides is 1. The van der Waals surface area contributed by atoms with Gasteiger partial charge >= 0.3 is 0 Å². The van der Waals surface area contributed by atoms with Gasteiger partial charge in [0.1, 0.15) is 4.90 Å². The molecule has 0 aliphatic heterocycles. The highest BCUT2D eigenvalue weighted by Gasteiger charge is 2.12. The average molecular weight is 256 g/mol. The van der Waals surface area contributed by atoms with Crippen molar-refractivity contribution in [3.8, 4) is 0 Å². The summed E-state index contributed by atoms with van der Waals surface area (Å²) in [4.78, 5) is 0.0868. The lowest BCUT2D eigenvalue weighted by molar-refractivity contribution is 0.173. The predicted octanol–water partition coefficient (Wildman–Crippen LogP) is 0.948. The molecule has 0 amide bonds. The van der Waals surface area contributed by atoms with E-state index in [4.69, 9.17) is 9.88 Å². The van der Waals surface area contributed by atoms with Crippen LogP contribution in [0.3, 0.4) is 0 Å². The summed E-state index contributed by atoms with van der Waals surface area (Å²) in [5.74, 6) is 0. The van der Waals surface area contributed by atoms with E-state index < -0.39 is 10.0 Å². The SMILES string of the molecule is C=CCOCCNc1ccccc1S(N)(=O)=O. The van der Waals surface area contributed by atoms with E-state index in [0.29, 0.717) is 25.4 Å². The minimum absolute atomic E-state index is 0.0868. The standard InChI is InChI=1S/C11H16N2O3S/c1-2-8-16-9-7-13-10-5-3-4-6-11(10)17(12,14)15/h2-6,13H,1,7-9H2,(H2,12,14,15). The fourth-order valence-electron chi connectivity index (χ4n) is 1.29. The molecule has 0 atom stereocenters. The van der Waals surface area contributed by atoms with Gasteiger partial charge in [0.25, 0.3) is 0 Å². The molecule has 0 fully saturated rings. The Morgan fingerprint density at radius 3 is 2.76 bits per heavy atom. The van der Waals surface area contributed by atoms with Crippen LogP contribution in [0.2, 0.25) is 0 Å². The maximum absolute atomic E-state index is 11.3. The van der Waals surface area contributed by atoms with Crippen molar-refractivity contribution in [1.29, 1.82) is 0 Å². The van der Waals surface area contributed by atoms with E-state index in [0.717, 1.165) is 0 Å². The molecule has 1 aromatic rings. The zero-order chi connectivity index (χ0) is 12.7. The van der Waals surface area contributed by atoms with Crippen molar-refractivity contribution in [2.45, 2.75) is 4.90 Å². The second kappa shape index (κ2) is 6.39. The van der Waals surface area contributed by atoms with Crippen LogP contribution in [0.4, 0.5) is 5.69 Å². The van der Waals surface area contributed by atoms with Crippen molar-refractivity contribution >= 4 is 15.7 Å². The summed E-state index contributed by atoms with van der Waals surface area (Å²) in [5, 5.41) is 8.06. The van der Waals surface area contributed by atoms with Crippen LogP contribution in [0, 0.1) is 0 Å². The Morgan fingerprint density at radius 2 is 2.12 bits per heavy atom. The fraction of sp³-hybridized carbons (Fsp3) is 0.273. The Balaban J connectivity index is 2.62. The topological polar surface area (TPSA) is 81.4 Å². The molecule has 0 unspecified atom stereocenters. The van der Waals surface area contributed by atoms with Gasteiger partial charge in [-0.3, -0.25) is 0 Å². The molecule has 5 nitrogen and oxygen atoms in total. The molecule has 0 aliphatic carbocycles. The number of ether oxygens (including phenoxy) is 1. The minimum atomic E-state index is -3.70. The van der Waals surface area contributed by atoms with Crippen molar-refractivity contribution in [1.82, 2.24) is 0 Å². The molecule has 1 aromatic carbocycles. The second-order valence-electron chi connectivity index (χ2n) is 3.33. The lowest BCUT2D eigenvalue weighted by Gasteiger charge is -2.10. The summed E-state index contributed by atoms with van der Waals surface area (Å²) in [6, 6.07) is 6.48. The Labute approximate surface area is 101 Å². The largest absolute Gasteiger partial charge is 0.382 e. The monoisotopic (exact) mass is 256 g/mol. The lowest BCUT2D eigenvalue weighted by Crippen LogP contribution is -2.16. The maximum atomic E-state index is 11.3. The minimum Gasteiger partial charge on any atom is -0.382 e. The summed E-state index contributed by atoms with van der Waals surface area (Å²) in [6.07, 6.45) is 1.65. The molecule has 0 aromatic heterocycles. The molecule has 0 aliphatic rings. The predicted molar refractivity (Wildman–Crippen MR) is 67.3 cm³/mol. The molecular weight excluding hydrogens is 240 g/mol. The van der Waals surface area contributed by atoms with Crippen molar-refractivity contribution in [2.24, 2.45) is 5.14 Å². The highest BCUT2D eigenvalue weighted by molar-refractivity contribution is 7.89. The van der Waals surface area contributed by atoms with E-state index in [2.05, 4.69) is 11.9 Å². The first-order valence-electron chi connectivity index (χ1n) is 5.10. The molecule has 94 valence electrons. The number of para-hydroxylation sites is 1. The summed E-state index contributed by atoms with van der Waals surface area (Å²) < 4.78 is 27.7. The quantitative estimate of drug-likeness (QED) is 0.562. The van der Waals surface area contributed by atoms with Crippen LogP contribution in [0.15, 0.2) is 41.8 Å². The third-order valence-corrected chi connectivity index (χ3v) is 2.96. The van der Waals surface area contributed by atoms with Crippen LogP contribution >= 0.6 is 0 Å². The number of nitrogens with two attached hydrogens (primary N) is 1. The smallest absolute Gasteiger partial charge is 0.240 e. The van der Waals surface area contributed by atoms with Crippen LogP contribution in [-0.2, 0) is 14.8 Å². The Bertz CT molecular complexity index is 471. The van der Waals surface area contributed by atoms with Gasteiger partial charge in [-0.15, -0.1) is 6.58 Å². The van der Waals surface area contributed by atoms with Crippen LogP contribution < -0.4 is 10.5 Å². The summed E-state index contributed by atoms with van der Waals surface area (Å²) >= 11 is 0. The van der Waals surface area contributed by atoms with Crippen molar-refractivity contribution in [2.75, 3.05) is 25.1 Å². The van der Waals surface area contributed by atoms with Gasteiger partial charge in [-0.2, -0.15) is 0 Å². The zero-order valence-corrected chi connectivity index (χ0v) is 10.2. The summed E-state index contributed by atoms with van der Waals surface area (Å²) in [7, 11) is -3.70. The number of hydrogen-bond acceptors (Lipinski definition) is 4. The molecule has 0 spiro atoms. The lowest BCUT2D eigenvalue weighted by atomic mass is 10.3. The zero-order valence-electron chi connectivity index (χ0n) is 9.43. The first-order valence-corrected chi connectivity index (χ1v) is 6.64. The molecule has 17 heavy (non-hydrogen) atoms. The number of nitrogens with one attached hydrogen (secondary N) is 1. The van der Waals surface area contributed by atoms with Crippen LogP contribution in [0.5, 0.6) is 0 Å². The van der Waals surface area contributed by atoms with Gasteiger partial charge in [-0.05, 0) is 12.1 Å². The van der Waals surface area contributed by atoms with E-state index >= 15 is 0 Å². The number of benzene rings is 1. The first kappa shape index (κ1) is 13.7. The Hall–Kier alpha value is -1.37. The highest BCUT2D eigenvalue weighted by Crippen LogP contribution is 2.18. The molecular formula is C11H16N2O3S. The van der Waals surface area contributed by atoms with E-state index in [9.17, 15) is 8.42 Å². The number of sulfonamides is 1. The molecule has 0 saturated heterocycles. The average Bonchev–Trinajstić information content (AvgIpc) is 2.28. The normalized spacial score (nSPS) is 11.1. The van der Waals surface area contributed by atoms with Gasteiger partial charge < -0.3 is 10.1 Å². The van der Waals surface area contributed by atoms with Gasteiger partial charge in [0.05, 0.1) is 18.9 Å². The van der Waals surface area contributed by atoms with E-state index in [1.54, 1.807) is 24.3 Å². The molecule has 3 N–H and O–H groups in total. The Kier molecular flexibility index (Phi) is 5.14. The number of rotatable bonds is 7. The number of anilines is 1. The van der Waals surface area contributed by atoms with Gasteiger partial charge in [0, 0.05) is 6.54 Å². The van der Waals surface area contributed by atoms with E-state index in [1.807, 2.05) is 0 Å². The molecule has 0 saturated carbocycles. The Morgan fingerprint density at radius 1 is 1.41 bits per heavy atom.